The summed E-state index contributed by atoms with van der Waals surface area (Å²) in [5, 5.41) is 10.6. The molecule has 7 atom stereocenters. The third-order valence-electron chi connectivity index (χ3n) is 21.5. The lowest BCUT2D eigenvalue weighted by atomic mass is 9.50. The second-order valence-electron chi connectivity index (χ2n) is 28.3. The number of carbonyl (C=O) groups excluding carboxylic acids is 5. The highest BCUT2D eigenvalue weighted by molar-refractivity contribution is 5.80. The second kappa shape index (κ2) is 21.0. The summed E-state index contributed by atoms with van der Waals surface area (Å²) in [6, 6.07) is 0. The quantitative estimate of drug-likeness (QED) is 0.139. The summed E-state index contributed by atoms with van der Waals surface area (Å²) in [7, 11) is 0. The average Bonchev–Trinajstić information content (AvgIpc) is 3.95. The maximum Gasteiger partial charge on any atom is 0.313 e. The SMILES string of the molecule is CCC(C)(C)C(=O)OC1(C)C2CC3CC(C2)CC1C3.CCC(C)(C)C(=O)OC12CC3CC(CC(O)(C3)C1)C2.CCC(C)(C)C(=O)OC1C2CC3OC(=O)C1C3C2.CCC1(OC(=O)C(C)(C)CC)CCCCC1. The maximum atomic E-state index is 12.5. The van der Waals surface area contributed by atoms with E-state index in [1.165, 1.54) is 57.8 Å². The molecule has 0 aromatic rings. The first-order valence-electron chi connectivity index (χ1n) is 29.3. The first-order chi connectivity index (χ1) is 33.5. The summed E-state index contributed by atoms with van der Waals surface area (Å²) in [5.41, 5.74) is -2.78. The lowest BCUT2D eigenvalue weighted by molar-refractivity contribution is -0.225. The van der Waals surface area contributed by atoms with Gasteiger partial charge >= 0.3 is 29.8 Å². The van der Waals surface area contributed by atoms with E-state index in [1.807, 2.05) is 76.2 Å². The van der Waals surface area contributed by atoms with Crippen LogP contribution in [0, 0.1) is 74.9 Å². The summed E-state index contributed by atoms with van der Waals surface area (Å²) in [5.74, 6) is 4.24. The van der Waals surface area contributed by atoms with Crippen LogP contribution < -0.4 is 0 Å². The summed E-state index contributed by atoms with van der Waals surface area (Å²) in [6.45, 7) is 28.1. The lowest BCUT2D eigenvalue weighted by Crippen LogP contribution is -2.61. The van der Waals surface area contributed by atoms with E-state index in [4.69, 9.17) is 23.7 Å². The number of ether oxygens (including phenoxy) is 5. The molecule has 0 spiro atoms. The molecule has 11 heteroatoms. The Morgan fingerprint density at radius 2 is 1.04 bits per heavy atom. The van der Waals surface area contributed by atoms with E-state index < -0.39 is 16.4 Å². The van der Waals surface area contributed by atoms with Crippen molar-refractivity contribution in [2.45, 2.75) is 279 Å². The van der Waals surface area contributed by atoms with Crippen LogP contribution in [0.15, 0.2) is 0 Å². The molecule has 12 aliphatic rings. The molecular weight excluding hydrogens is 909 g/mol. The number of hydrogen-bond donors (Lipinski definition) is 1. The highest BCUT2D eigenvalue weighted by Gasteiger charge is 2.64. The zero-order chi connectivity index (χ0) is 53.0. The molecule has 11 nitrogen and oxygen atoms in total. The molecule has 1 heterocycles. The molecule has 410 valence electrons. The number of aliphatic hydroxyl groups is 1. The Hall–Kier alpha value is -2.69. The fourth-order valence-electron chi connectivity index (χ4n) is 15.2. The van der Waals surface area contributed by atoms with Gasteiger partial charge in [0.2, 0.25) is 0 Å². The van der Waals surface area contributed by atoms with Crippen LogP contribution >= 0.6 is 0 Å². The summed E-state index contributed by atoms with van der Waals surface area (Å²) in [4.78, 5) is 60.9. The summed E-state index contributed by atoms with van der Waals surface area (Å²) >= 11 is 0. The number of carbonyl (C=O) groups is 5. The second-order valence-corrected chi connectivity index (χ2v) is 28.3. The number of hydrogen-bond acceptors (Lipinski definition) is 11. The van der Waals surface area contributed by atoms with Gasteiger partial charge in [-0.05, 0) is 233 Å². The predicted molar refractivity (Wildman–Crippen MR) is 278 cm³/mol. The summed E-state index contributed by atoms with van der Waals surface area (Å²) in [6.07, 6.45) is 24.0. The van der Waals surface area contributed by atoms with Crippen molar-refractivity contribution in [1.82, 2.24) is 0 Å². The monoisotopic (exact) mass is 1010 g/mol. The fraction of sp³-hybridized carbons (Fsp3) is 0.918. The van der Waals surface area contributed by atoms with E-state index in [0.717, 1.165) is 95.3 Å². The first-order valence-corrected chi connectivity index (χ1v) is 29.3. The van der Waals surface area contributed by atoms with Crippen molar-refractivity contribution < 1.29 is 52.8 Å². The Morgan fingerprint density at radius 1 is 0.583 bits per heavy atom. The molecule has 1 saturated heterocycles. The molecule has 12 fully saturated rings. The molecular formula is C61H100O11. The topological polar surface area (TPSA) is 152 Å². The van der Waals surface area contributed by atoms with Crippen LogP contribution in [0.4, 0.5) is 0 Å². The number of fused-ring (bicyclic) bond motifs is 1. The van der Waals surface area contributed by atoms with Crippen molar-refractivity contribution in [2.24, 2.45) is 74.9 Å². The van der Waals surface area contributed by atoms with Crippen molar-refractivity contribution >= 4 is 29.8 Å². The predicted octanol–water partition coefficient (Wildman–Crippen LogP) is 13.2. The Bertz CT molecular complexity index is 1930. The Balaban J connectivity index is 0.000000141. The maximum absolute atomic E-state index is 12.5. The van der Waals surface area contributed by atoms with Crippen molar-refractivity contribution in [3.8, 4) is 0 Å². The van der Waals surface area contributed by atoms with Crippen LogP contribution in [0.25, 0.3) is 0 Å². The van der Waals surface area contributed by atoms with Gasteiger partial charge in [0.25, 0.3) is 0 Å². The van der Waals surface area contributed by atoms with Crippen LogP contribution in [-0.4, -0.2) is 69.6 Å². The van der Waals surface area contributed by atoms with Crippen LogP contribution in [-0.2, 0) is 47.7 Å². The Kier molecular flexibility index (Phi) is 16.7. The van der Waals surface area contributed by atoms with Gasteiger partial charge < -0.3 is 28.8 Å². The lowest BCUT2D eigenvalue weighted by Gasteiger charge is -2.59. The molecule has 10 bridgehead atoms. The molecule has 1 aliphatic heterocycles. The van der Waals surface area contributed by atoms with Crippen LogP contribution in [0.3, 0.4) is 0 Å². The van der Waals surface area contributed by atoms with Gasteiger partial charge in [0, 0.05) is 18.3 Å². The van der Waals surface area contributed by atoms with E-state index in [0.29, 0.717) is 41.9 Å². The molecule has 0 aromatic carbocycles. The Labute approximate surface area is 435 Å². The molecule has 7 unspecified atom stereocenters. The van der Waals surface area contributed by atoms with Gasteiger partial charge in [-0.1, -0.05) is 41.0 Å². The van der Waals surface area contributed by atoms with Crippen molar-refractivity contribution in [2.75, 3.05) is 0 Å². The molecule has 11 saturated carbocycles. The average molecular weight is 1010 g/mol. The smallest absolute Gasteiger partial charge is 0.313 e. The minimum atomic E-state index is -0.555. The number of esters is 5. The van der Waals surface area contributed by atoms with E-state index >= 15 is 0 Å². The molecule has 72 heavy (non-hydrogen) atoms. The van der Waals surface area contributed by atoms with Gasteiger partial charge in [-0.3, -0.25) is 24.0 Å². The van der Waals surface area contributed by atoms with Gasteiger partial charge in [0.15, 0.2) is 0 Å². The van der Waals surface area contributed by atoms with Gasteiger partial charge in [-0.25, -0.2) is 0 Å². The number of rotatable bonds is 13. The van der Waals surface area contributed by atoms with Crippen molar-refractivity contribution in [3.05, 3.63) is 0 Å². The van der Waals surface area contributed by atoms with Crippen LogP contribution in [0.5, 0.6) is 0 Å². The fourth-order valence-corrected chi connectivity index (χ4v) is 15.2. The van der Waals surface area contributed by atoms with Crippen LogP contribution in [0.1, 0.15) is 245 Å². The third-order valence-corrected chi connectivity index (χ3v) is 21.5. The minimum absolute atomic E-state index is 0.0150. The van der Waals surface area contributed by atoms with Crippen molar-refractivity contribution in [3.63, 3.8) is 0 Å². The van der Waals surface area contributed by atoms with Gasteiger partial charge in [0.1, 0.15) is 34.9 Å². The Morgan fingerprint density at radius 3 is 1.51 bits per heavy atom. The van der Waals surface area contributed by atoms with Gasteiger partial charge in [0.05, 0.1) is 27.3 Å². The van der Waals surface area contributed by atoms with E-state index in [9.17, 15) is 29.1 Å². The minimum Gasteiger partial charge on any atom is -0.462 e. The van der Waals surface area contributed by atoms with E-state index in [2.05, 4.69) is 20.8 Å². The molecule has 0 radical (unpaired) electrons. The molecule has 0 amide bonds. The summed E-state index contributed by atoms with van der Waals surface area (Å²) < 4.78 is 28.9. The molecule has 12 rings (SSSR count). The van der Waals surface area contributed by atoms with Gasteiger partial charge in [-0.2, -0.15) is 0 Å². The normalized spacial score (nSPS) is 38.3. The molecule has 0 aromatic heterocycles. The van der Waals surface area contributed by atoms with Crippen molar-refractivity contribution in [1.29, 1.82) is 0 Å². The standard InChI is InChI=1S/C17H28O2.C16H26O3.C14H20O4.C14H26O2/c1-5-16(2,3)15(18)19-17(4)13-7-11-6-12(9-13)10-14(17)8-11;1-4-14(2,3)13(17)19-16-8-11-5-12(9-16)7-15(18,6-11)10-16;1-4-14(2,3)13(16)18-11-7-5-8-9(6-7)17-12(15)10(8)11;1-5-13(3,4)12(15)16-14(6-2)10-8-7-9-11-14/h11-14H,5-10H2,1-4H3;11-12,18H,4-10H2,1-3H3;7-11H,4-6H2,1-3H3;5-11H2,1-4H3. The highest BCUT2D eigenvalue weighted by Crippen LogP contribution is 2.61. The highest BCUT2D eigenvalue weighted by atomic mass is 16.6. The zero-order valence-corrected chi connectivity index (χ0v) is 47.6. The third kappa shape index (κ3) is 11.7. The molecule has 1 N–H and O–H groups in total. The largest absolute Gasteiger partial charge is 0.462 e. The van der Waals surface area contributed by atoms with Crippen LogP contribution in [0.2, 0.25) is 0 Å². The van der Waals surface area contributed by atoms with Gasteiger partial charge in [-0.15, -0.1) is 0 Å². The molecule has 11 aliphatic carbocycles. The van der Waals surface area contributed by atoms with E-state index in [1.54, 1.807) is 0 Å². The first kappa shape index (κ1) is 57.0. The zero-order valence-electron chi connectivity index (χ0n) is 47.6. The van der Waals surface area contributed by atoms with E-state index in [-0.39, 0.29) is 75.6 Å².